The maximum absolute atomic E-state index is 5.30. The van der Waals surface area contributed by atoms with Crippen molar-refractivity contribution in [3.63, 3.8) is 0 Å². The number of rotatable bonds is 3. The number of hydrogen-bond acceptors (Lipinski definition) is 3. The van der Waals surface area contributed by atoms with Gasteiger partial charge in [-0.25, -0.2) is 0 Å². The molecule has 0 aromatic heterocycles. The van der Waals surface area contributed by atoms with Gasteiger partial charge in [0, 0.05) is 13.0 Å². The lowest BCUT2D eigenvalue weighted by Gasteiger charge is -2.24. The fourth-order valence-corrected chi connectivity index (χ4v) is 1.05. The van der Waals surface area contributed by atoms with Crippen LogP contribution < -0.4 is 0 Å². The zero-order chi connectivity index (χ0) is 7.45. The Balaban J connectivity index is 2.41. The van der Waals surface area contributed by atoms with E-state index in [4.69, 9.17) is 14.2 Å². The molecular weight excluding hydrogens is 132 g/mol. The Morgan fingerprint density at radius 3 is 2.30 bits per heavy atom. The van der Waals surface area contributed by atoms with E-state index in [1.165, 1.54) is 0 Å². The first-order chi connectivity index (χ1) is 4.83. The van der Waals surface area contributed by atoms with Gasteiger partial charge in [-0.2, -0.15) is 0 Å². The molecule has 0 atom stereocenters. The van der Waals surface area contributed by atoms with Gasteiger partial charge in [-0.3, -0.25) is 0 Å². The Morgan fingerprint density at radius 2 is 1.90 bits per heavy atom. The third-order valence-corrected chi connectivity index (χ3v) is 1.52. The first-order valence-corrected chi connectivity index (χ1v) is 3.75. The van der Waals surface area contributed by atoms with E-state index < -0.39 is 5.97 Å². The van der Waals surface area contributed by atoms with Crippen LogP contribution in [0.25, 0.3) is 0 Å². The van der Waals surface area contributed by atoms with Gasteiger partial charge in [0.1, 0.15) is 0 Å². The Kier molecular flexibility index (Phi) is 2.65. The molecule has 3 nitrogen and oxygen atoms in total. The summed E-state index contributed by atoms with van der Waals surface area (Å²) in [5.74, 6) is -0.714. The van der Waals surface area contributed by atoms with Crippen molar-refractivity contribution in [2.24, 2.45) is 0 Å². The molecule has 1 heterocycles. The summed E-state index contributed by atoms with van der Waals surface area (Å²) in [7, 11) is 0. The zero-order valence-corrected chi connectivity index (χ0v) is 6.55. The smallest absolute Gasteiger partial charge is 0.282 e. The molecule has 60 valence electrons. The molecule has 0 spiro atoms. The highest BCUT2D eigenvalue weighted by molar-refractivity contribution is 4.59. The molecule has 0 aromatic carbocycles. The van der Waals surface area contributed by atoms with Crippen molar-refractivity contribution < 1.29 is 14.2 Å². The molecule has 0 bridgehead atoms. The van der Waals surface area contributed by atoms with Gasteiger partial charge >= 0.3 is 0 Å². The van der Waals surface area contributed by atoms with Gasteiger partial charge in [0.25, 0.3) is 5.97 Å². The summed E-state index contributed by atoms with van der Waals surface area (Å²) >= 11 is 0. The van der Waals surface area contributed by atoms with Crippen LogP contribution in [0.3, 0.4) is 0 Å². The maximum Gasteiger partial charge on any atom is 0.282 e. The van der Waals surface area contributed by atoms with Crippen molar-refractivity contribution >= 4 is 0 Å². The minimum absolute atomic E-state index is 0.633. The number of ether oxygens (including phenoxy) is 3. The lowest BCUT2D eigenvalue weighted by atomic mass is 10.4. The molecular formula is C7H14O3. The van der Waals surface area contributed by atoms with E-state index in [1.807, 2.05) is 13.8 Å². The van der Waals surface area contributed by atoms with Crippen LogP contribution in [-0.4, -0.2) is 25.8 Å². The molecule has 1 saturated heterocycles. The van der Waals surface area contributed by atoms with Crippen molar-refractivity contribution in [2.75, 3.05) is 19.8 Å². The minimum atomic E-state index is -0.714. The fraction of sp³-hybridized carbons (Fsp3) is 1.00. The molecule has 3 heteroatoms. The Bertz CT molecular complexity index is 97.0. The SMILES string of the molecule is CCOC1(CC)OCCO1. The van der Waals surface area contributed by atoms with Crippen LogP contribution in [0.5, 0.6) is 0 Å². The predicted octanol–water partition coefficient (Wildman–Crippen LogP) is 1.13. The van der Waals surface area contributed by atoms with E-state index in [2.05, 4.69) is 0 Å². The normalized spacial score (nSPS) is 23.4. The molecule has 10 heavy (non-hydrogen) atoms. The highest BCUT2D eigenvalue weighted by Crippen LogP contribution is 2.23. The molecule has 1 aliphatic heterocycles. The van der Waals surface area contributed by atoms with Crippen LogP contribution in [0.1, 0.15) is 20.3 Å². The second-order valence-corrected chi connectivity index (χ2v) is 2.17. The monoisotopic (exact) mass is 146 g/mol. The highest BCUT2D eigenvalue weighted by atomic mass is 16.9. The van der Waals surface area contributed by atoms with Crippen LogP contribution in [0, 0.1) is 0 Å². The van der Waals surface area contributed by atoms with Gasteiger partial charge in [-0.15, -0.1) is 0 Å². The third-order valence-electron chi connectivity index (χ3n) is 1.52. The zero-order valence-electron chi connectivity index (χ0n) is 6.55. The van der Waals surface area contributed by atoms with Crippen LogP contribution in [0.2, 0.25) is 0 Å². The largest absolute Gasteiger partial charge is 0.328 e. The third kappa shape index (κ3) is 1.48. The van der Waals surface area contributed by atoms with Gasteiger partial charge in [-0.05, 0) is 6.92 Å². The van der Waals surface area contributed by atoms with Crippen LogP contribution in [0.4, 0.5) is 0 Å². The molecule has 1 aliphatic rings. The molecule has 0 N–H and O–H groups in total. The maximum atomic E-state index is 5.30. The standard InChI is InChI=1S/C7H14O3/c1-3-7(8-4-2)9-5-6-10-7/h3-6H2,1-2H3. The van der Waals surface area contributed by atoms with Crippen molar-refractivity contribution in [3.8, 4) is 0 Å². The van der Waals surface area contributed by atoms with Gasteiger partial charge in [0.15, 0.2) is 0 Å². The summed E-state index contributed by atoms with van der Waals surface area (Å²) in [6.07, 6.45) is 0.751. The molecule has 0 aliphatic carbocycles. The van der Waals surface area contributed by atoms with E-state index >= 15 is 0 Å². The summed E-state index contributed by atoms with van der Waals surface area (Å²) in [5, 5.41) is 0. The second kappa shape index (κ2) is 3.32. The van der Waals surface area contributed by atoms with E-state index in [0.29, 0.717) is 19.8 Å². The first-order valence-electron chi connectivity index (χ1n) is 3.75. The van der Waals surface area contributed by atoms with Crippen molar-refractivity contribution in [1.29, 1.82) is 0 Å². The molecule has 0 amide bonds. The van der Waals surface area contributed by atoms with Gasteiger partial charge in [0.2, 0.25) is 0 Å². The van der Waals surface area contributed by atoms with Crippen LogP contribution in [0.15, 0.2) is 0 Å². The van der Waals surface area contributed by atoms with Gasteiger partial charge < -0.3 is 14.2 Å². The van der Waals surface area contributed by atoms with Gasteiger partial charge in [-0.1, -0.05) is 6.92 Å². The fourth-order valence-electron chi connectivity index (χ4n) is 1.05. The molecule has 0 unspecified atom stereocenters. The second-order valence-electron chi connectivity index (χ2n) is 2.17. The lowest BCUT2D eigenvalue weighted by molar-refractivity contribution is -0.330. The van der Waals surface area contributed by atoms with E-state index in [1.54, 1.807) is 0 Å². The van der Waals surface area contributed by atoms with E-state index in [-0.39, 0.29) is 0 Å². The summed E-state index contributed by atoms with van der Waals surface area (Å²) in [5.41, 5.74) is 0. The molecule has 0 aromatic rings. The molecule has 1 rings (SSSR count). The Morgan fingerprint density at radius 1 is 1.30 bits per heavy atom. The van der Waals surface area contributed by atoms with E-state index in [9.17, 15) is 0 Å². The predicted molar refractivity (Wildman–Crippen MR) is 36.6 cm³/mol. The lowest BCUT2D eigenvalue weighted by Crippen LogP contribution is -2.32. The molecule has 0 radical (unpaired) electrons. The van der Waals surface area contributed by atoms with Crippen molar-refractivity contribution in [1.82, 2.24) is 0 Å². The highest BCUT2D eigenvalue weighted by Gasteiger charge is 2.35. The number of hydrogen-bond donors (Lipinski definition) is 0. The van der Waals surface area contributed by atoms with Crippen molar-refractivity contribution in [3.05, 3.63) is 0 Å². The summed E-state index contributed by atoms with van der Waals surface area (Å²) in [6, 6.07) is 0. The summed E-state index contributed by atoms with van der Waals surface area (Å²) in [6.45, 7) is 5.85. The molecule has 1 fully saturated rings. The summed E-state index contributed by atoms with van der Waals surface area (Å²) in [4.78, 5) is 0. The van der Waals surface area contributed by atoms with E-state index in [0.717, 1.165) is 6.42 Å². The first kappa shape index (κ1) is 7.98. The topological polar surface area (TPSA) is 27.7 Å². The quantitative estimate of drug-likeness (QED) is 0.597. The average molecular weight is 146 g/mol. The van der Waals surface area contributed by atoms with Crippen LogP contribution >= 0.6 is 0 Å². The van der Waals surface area contributed by atoms with Gasteiger partial charge in [0.05, 0.1) is 13.2 Å². The average Bonchev–Trinajstić information content (AvgIpc) is 2.39. The molecule has 0 saturated carbocycles. The minimum Gasteiger partial charge on any atom is -0.328 e. The summed E-state index contributed by atoms with van der Waals surface area (Å²) < 4.78 is 15.9. The Hall–Kier alpha value is -0.120. The Labute approximate surface area is 61.3 Å². The van der Waals surface area contributed by atoms with Crippen LogP contribution in [-0.2, 0) is 14.2 Å². The van der Waals surface area contributed by atoms with Crippen molar-refractivity contribution in [2.45, 2.75) is 26.2 Å².